The van der Waals surface area contributed by atoms with E-state index < -0.39 is 11.0 Å². The summed E-state index contributed by atoms with van der Waals surface area (Å²) < 4.78 is 0. The Labute approximate surface area is 129 Å². The van der Waals surface area contributed by atoms with Gasteiger partial charge in [-0.05, 0) is 24.3 Å². The molecule has 2 aromatic rings. The first-order valence-electron chi connectivity index (χ1n) is 5.62. The van der Waals surface area contributed by atoms with Crippen molar-refractivity contribution in [2.24, 2.45) is 0 Å². The molecular formula is C13H8Cl2N2O4. The van der Waals surface area contributed by atoms with Gasteiger partial charge in [-0.2, -0.15) is 0 Å². The number of carbonyl (C=O) groups is 1. The van der Waals surface area contributed by atoms with Crippen LogP contribution in [0.5, 0.6) is 0 Å². The predicted octanol–water partition coefficient (Wildman–Crippen LogP) is 4.72. The maximum absolute atomic E-state index is 11.5. The molecule has 0 heterocycles. The van der Waals surface area contributed by atoms with E-state index in [1.807, 2.05) is 0 Å². The zero-order valence-electron chi connectivity index (χ0n) is 10.4. The van der Waals surface area contributed by atoms with Crippen molar-refractivity contribution in [1.29, 1.82) is 0 Å². The molecule has 0 atom stereocenters. The largest absolute Gasteiger partial charge is 0.464 e. The summed E-state index contributed by atoms with van der Waals surface area (Å²) in [5.74, 6) is 0. The van der Waals surface area contributed by atoms with E-state index in [0.717, 1.165) is 11.0 Å². The van der Waals surface area contributed by atoms with E-state index in [1.165, 1.54) is 24.3 Å². The second-order valence-electron chi connectivity index (χ2n) is 3.99. The lowest BCUT2D eigenvalue weighted by atomic mass is 10.2. The van der Waals surface area contributed by atoms with Crippen LogP contribution in [0.25, 0.3) is 0 Å². The number of benzene rings is 2. The van der Waals surface area contributed by atoms with Gasteiger partial charge in [0.25, 0.3) is 5.69 Å². The van der Waals surface area contributed by atoms with E-state index in [0.29, 0.717) is 5.02 Å². The Kier molecular flexibility index (Phi) is 4.30. The fourth-order valence-electron chi connectivity index (χ4n) is 1.76. The summed E-state index contributed by atoms with van der Waals surface area (Å²) in [5, 5.41) is 20.4. The van der Waals surface area contributed by atoms with Crippen LogP contribution >= 0.6 is 23.2 Å². The summed E-state index contributed by atoms with van der Waals surface area (Å²) in [4.78, 5) is 22.4. The van der Waals surface area contributed by atoms with Gasteiger partial charge in [-0.3, -0.25) is 10.1 Å². The van der Waals surface area contributed by atoms with Gasteiger partial charge in [-0.25, -0.2) is 9.69 Å². The van der Waals surface area contributed by atoms with E-state index >= 15 is 0 Å². The van der Waals surface area contributed by atoms with E-state index in [4.69, 9.17) is 23.2 Å². The number of nitro benzene ring substituents is 1. The highest BCUT2D eigenvalue weighted by Crippen LogP contribution is 2.35. The zero-order valence-corrected chi connectivity index (χ0v) is 11.9. The fraction of sp³-hybridized carbons (Fsp3) is 0. The molecule has 0 aliphatic rings. The van der Waals surface area contributed by atoms with Crippen molar-refractivity contribution < 1.29 is 14.8 Å². The molecule has 0 aliphatic carbocycles. The average Bonchev–Trinajstić information content (AvgIpc) is 2.40. The molecule has 0 bridgehead atoms. The van der Waals surface area contributed by atoms with Crippen LogP contribution < -0.4 is 4.90 Å². The summed E-state index contributed by atoms with van der Waals surface area (Å²) in [6.45, 7) is 0. The van der Waals surface area contributed by atoms with Crippen molar-refractivity contribution in [2.75, 3.05) is 4.90 Å². The number of non-ortho nitro benzene ring substituents is 1. The Morgan fingerprint density at radius 3 is 2.43 bits per heavy atom. The van der Waals surface area contributed by atoms with Crippen molar-refractivity contribution in [1.82, 2.24) is 0 Å². The van der Waals surface area contributed by atoms with Gasteiger partial charge in [0.15, 0.2) is 0 Å². The monoisotopic (exact) mass is 326 g/mol. The summed E-state index contributed by atoms with van der Waals surface area (Å²) in [6, 6.07) is 9.73. The number of carboxylic acid groups (broad SMARTS) is 1. The third kappa shape index (κ3) is 3.24. The summed E-state index contributed by atoms with van der Waals surface area (Å²) in [5.41, 5.74) is 0.169. The molecule has 1 amide bonds. The third-order valence-corrected chi connectivity index (χ3v) is 3.18. The Morgan fingerprint density at radius 2 is 1.90 bits per heavy atom. The van der Waals surface area contributed by atoms with E-state index in [9.17, 15) is 20.0 Å². The SMILES string of the molecule is O=C(O)N(c1cccc(Cl)c1)c1ccc([N+](=O)[O-])cc1Cl. The minimum Gasteiger partial charge on any atom is -0.464 e. The number of hydrogen-bond donors (Lipinski definition) is 1. The minimum atomic E-state index is -1.28. The van der Waals surface area contributed by atoms with Crippen molar-refractivity contribution in [3.63, 3.8) is 0 Å². The van der Waals surface area contributed by atoms with Crippen LogP contribution in [0.2, 0.25) is 10.0 Å². The molecule has 0 spiro atoms. The van der Waals surface area contributed by atoms with E-state index in [2.05, 4.69) is 0 Å². The molecule has 108 valence electrons. The average molecular weight is 327 g/mol. The fourth-order valence-corrected chi connectivity index (χ4v) is 2.20. The minimum absolute atomic E-state index is 0.0495. The molecule has 8 heteroatoms. The van der Waals surface area contributed by atoms with Crippen molar-refractivity contribution >= 4 is 46.4 Å². The van der Waals surface area contributed by atoms with Crippen LogP contribution in [-0.2, 0) is 0 Å². The van der Waals surface area contributed by atoms with Crippen LogP contribution in [0.4, 0.5) is 21.9 Å². The predicted molar refractivity (Wildman–Crippen MR) is 79.7 cm³/mol. The van der Waals surface area contributed by atoms with Crippen LogP contribution in [0.3, 0.4) is 0 Å². The molecular weight excluding hydrogens is 319 g/mol. The van der Waals surface area contributed by atoms with Gasteiger partial charge in [-0.15, -0.1) is 0 Å². The van der Waals surface area contributed by atoms with E-state index in [1.54, 1.807) is 12.1 Å². The van der Waals surface area contributed by atoms with Gasteiger partial charge in [0.2, 0.25) is 0 Å². The first-order valence-corrected chi connectivity index (χ1v) is 6.38. The lowest BCUT2D eigenvalue weighted by molar-refractivity contribution is -0.384. The topological polar surface area (TPSA) is 83.7 Å². The maximum atomic E-state index is 11.5. The second-order valence-corrected chi connectivity index (χ2v) is 4.83. The molecule has 21 heavy (non-hydrogen) atoms. The highest BCUT2D eigenvalue weighted by Gasteiger charge is 2.21. The molecule has 2 rings (SSSR count). The number of halogens is 2. The van der Waals surface area contributed by atoms with Gasteiger partial charge in [-0.1, -0.05) is 29.3 Å². The van der Waals surface area contributed by atoms with Crippen LogP contribution in [0, 0.1) is 10.1 Å². The molecule has 0 aliphatic heterocycles. The summed E-state index contributed by atoms with van der Waals surface area (Å²) in [6.07, 6.45) is -1.28. The number of rotatable bonds is 3. The second kappa shape index (κ2) is 5.99. The zero-order chi connectivity index (χ0) is 15.6. The molecule has 0 saturated heterocycles. The van der Waals surface area contributed by atoms with Gasteiger partial charge in [0, 0.05) is 17.2 Å². The highest BCUT2D eigenvalue weighted by atomic mass is 35.5. The smallest absolute Gasteiger partial charge is 0.416 e. The summed E-state index contributed by atoms with van der Waals surface area (Å²) in [7, 11) is 0. The molecule has 1 N–H and O–H groups in total. The van der Waals surface area contributed by atoms with Gasteiger partial charge in [0.05, 0.1) is 21.3 Å². The Balaban J connectivity index is 2.54. The number of nitrogens with zero attached hydrogens (tertiary/aromatic N) is 2. The first kappa shape index (κ1) is 15.1. The maximum Gasteiger partial charge on any atom is 0.416 e. The van der Waals surface area contributed by atoms with Gasteiger partial charge < -0.3 is 5.11 Å². The van der Waals surface area contributed by atoms with Crippen LogP contribution in [0.1, 0.15) is 0 Å². The standard InChI is InChI=1S/C13H8Cl2N2O4/c14-8-2-1-3-9(6-8)16(13(18)19)12-5-4-10(17(20)21)7-11(12)15/h1-7H,(H,18,19). The molecule has 0 fully saturated rings. The first-order chi connectivity index (χ1) is 9.90. The molecule has 6 nitrogen and oxygen atoms in total. The van der Waals surface area contributed by atoms with Crippen molar-refractivity contribution in [3.05, 3.63) is 62.6 Å². The highest BCUT2D eigenvalue weighted by molar-refractivity contribution is 6.34. The third-order valence-electron chi connectivity index (χ3n) is 2.64. The molecule has 0 radical (unpaired) electrons. The number of anilines is 2. The van der Waals surface area contributed by atoms with Crippen LogP contribution in [0.15, 0.2) is 42.5 Å². The molecule has 2 aromatic carbocycles. The Morgan fingerprint density at radius 1 is 1.19 bits per heavy atom. The lowest BCUT2D eigenvalue weighted by Crippen LogP contribution is -2.23. The normalized spacial score (nSPS) is 10.2. The Hall–Kier alpha value is -2.31. The van der Waals surface area contributed by atoms with Crippen LogP contribution in [-0.4, -0.2) is 16.1 Å². The van der Waals surface area contributed by atoms with Crippen molar-refractivity contribution in [3.8, 4) is 0 Å². The number of amides is 1. The Bertz CT molecular complexity index is 721. The molecule has 0 aromatic heterocycles. The molecule has 0 unspecified atom stereocenters. The van der Waals surface area contributed by atoms with Gasteiger partial charge >= 0.3 is 6.09 Å². The molecule has 0 saturated carbocycles. The van der Waals surface area contributed by atoms with E-state index in [-0.39, 0.29) is 22.1 Å². The van der Waals surface area contributed by atoms with Crippen molar-refractivity contribution in [2.45, 2.75) is 0 Å². The lowest BCUT2D eigenvalue weighted by Gasteiger charge is -2.20. The quantitative estimate of drug-likeness (QED) is 0.653. The van der Waals surface area contributed by atoms with Gasteiger partial charge in [0.1, 0.15) is 0 Å². The number of hydrogen-bond acceptors (Lipinski definition) is 3. The number of nitro groups is 1. The summed E-state index contributed by atoms with van der Waals surface area (Å²) >= 11 is 11.8.